The fourth-order valence-electron chi connectivity index (χ4n) is 3.19. The number of aliphatic hydroxyl groups excluding tert-OH is 1. The number of aromatic nitrogens is 4. The van der Waals surface area contributed by atoms with Gasteiger partial charge in [-0.2, -0.15) is 4.98 Å². The molecule has 0 unspecified atom stereocenters. The molecule has 3 aromatic rings. The van der Waals surface area contributed by atoms with E-state index in [-0.39, 0.29) is 18.0 Å². The smallest absolute Gasteiger partial charge is 0.324 e. The molecule has 3 N–H and O–H groups in total. The van der Waals surface area contributed by atoms with Crippen molar-refractivity contribution in [2.75, 3.05) is 23.7 Å². The first-order valence-corrected chi connectivity index (χ1v) is 9.04. The summed E-state index contributed by atoms with van der Waals surface area (Å²) in [5, 5.41) is 13.8. The van der Waals surface area contributed by atoms with E-state index in [9.17, 15) is 5.11 Å². The summed E-state index contributed by atoms with van der Waals surface area (Å²) in [6, 6.07) is 8.66. The van der Waals surface area contributed by atoms with Crippen LogP contribution in [-0.2, 0) is 0 Å². The van der Waals surface area contributed by atoms with Crippen LogP contribution in [0.15, 0.2) is 41.2 Å². The highest BCUT2D eigenvalue weighted by Gasteiger charge is 2.23. The Bertz CT molecular complexity index is 885. The monoisotopic (exact) mass is 366 g/mol. The molecular weight excluding hydrogens is 344 g/mol. The molecule has 3 heterocycles. The first-order valence-electron chi connectivity index (χ1n) is 9.04. The van der Waals surface area contributed by atoms with Crippen LogP contribution in [0, 0.1) is 0 Å². The average molecular weight is 366 g/mol. The lowest BCUT2D eigenvalue weighted by molar-refractivity contribution is 0.143. The Labute approximate surface area is 157 Å². The van der Waals surface area contributed by atoms with E-state index in [1.54, 1.807) is 12.4 Å². The maximum atomic E-state index is 9.63. The highest BCUT2D eigenvalue weighted by Crippen LogP contribution is 2.27. The molecule has 0 aliphatic carbocycles. The largest absolute Gasteiger partial charge is 0.393 e. The molecule has 1 atom stereocenters. The molecule has 2 aromatic heterocycles. The number of nitrogens with zero attached hydrogens (tertiary/aromatic N) is 5. The molecular formula is C19H22N6O2. The van der Waals surface area contributed by atoms with Gasteiger partial charge in [0.05, 0.1) is 6.10 Å². The number of aliphatic hydroxyl groups is 1. The maximum absolute atomic E-state index is 9.63. The van der Waals surface area contributed by atoms with Crippen molar-refractivity contribution in [1.29, 1.82) is 0 Å². The van der Waals surface area contributed by atoms with Gasteiger partial charge in [0.1, 0.15) is 0 Å². The number of rotatable bonds is 4. The first kappa shape index (κ1) is 17.4. The molecule has 1 fully saturated rings. The van der Waals surface area contributed by atoms with Gasteiger partial charge in [0.15, 0.2) is 5.82 Å². The molecule has 1 aliphatic heterocycles. The standard InChI is InChI=1S/C19H22N6O2/c1-12(17-23-19(27-24-17)25-8-6-16(26)7-9-25)13-2-4-14(5-3-13)15-10-21-18(20)22-11-15/h2-5,10-12,16,26H,6-9H2,1H3,(H2,20,21,22)/t12-/m1/s1. The summed E-state index contributed by atoms with van der Waals surface area (Å²) in [5.41, 5.74) is 8.56. The zero-order valence-electron chi connectivity index (χ0n) is 15.1. The summed E-state index contributed by atoms with van der Waals surface area (Å²) < 4.78 is 5.44. The summed E-state index contributed by atoms with van der Waals surface area (Å²) in [4.78, 5) is 14.6. The summed E-state index contributed by atoms with van der Waals surface area (Å²) in [6.45, 7) is 3.51. The highest BCUT2D eigenvalue weighted by atomic mass is 16.5. The number of hydrogen-bond donors (Lipinski definition) is 2. The van der Waals surface area contributed by atoms with Crippen LogP contribution in [0.5, 0.6) is 0 Å². The molecule has 140 valence electrons. The first-order chi connectivity index (χ1) is 13.1. The number of nitrogens with two attached hydrogens (primary N) is 1. The van der Waals surface area contributed by atoms with E-state index >= 15 is 0 Å². The van der Waals surface area contributed by atoms with Crippen molar-refractivity contribution in [3.05, 3.63) is 48.0 Å². The van der Waals surface area contributed by atoms with E-state index in [1.165, 1.54) is 0 Å². The summed E-state index contributed by atoms with van der Waals surface area (Å²) in [7, 11) is 0. The second kappa shape index (κ2) is 7.32. The van der Waals surface area contributed by atoms with Crippen LogP contribution in [0.3, 0.4) is 0 Å². The van der Waals surface area contributed by atoms with E-state index in [0.29, 0.717) is 11.8 Å². The predicted octanol–water partition coefficient (Wildman–Crippen LogP) is 2.22. The van der Waals surface area contributed by atoms with Gasteiger partial charge >= 0.3 is 6.01 Å². The van der Waals surface area contributed by atoms with Crippen LogP contribution in [0.25, 0.3) is 11.1 Å². The second-order valence-electron chi connectivity index (χ2n) is 6.83. The van der Waals surface area contributed by atoms with Crippen LogP contribution >= 0.6 is 0 Å². The lowest BCUT2D eigenvalue weighted by Crippen LogP contribution is -2.36. The van der Waals surface area contributed by atoms with Crippen molar-refractivity contribution in [1.82, 2.24) is 20.1 Å². The van der Waals surface area contributed by atoms with Crippen molar-refractivity contribution in [2.24, 2.45) is 0 Å². The lowest BCUT2D eigenvalue weighted by atomic mass is 9.98. The molecule has 1 aromatic carbocycles. The minimum Gasteiger partial charge on any atom is -0.393 e. The van der Waals surface area contributed by atoms with Gasteiger partial charge in [0, 0.05) is 37.0 Å². The Morgan fingerprint density at radius 3 is 2.44 bits per heavy atom. The molecule has 0 spiro atoms. The molecule has 1 aliphatic rings. The van der Waals surface area contributed by atoms with Gasteiger partial charge in [-0.15, -0.1) is 0 Å². The van der Waals surface area contributed by atoms with Gasteiger partial charge in [-0.05, 0) is 24.0 Å². The van der Waals surface area contributed by atoms with E-state index in [4.69, 9.17) is 10.3 Å². The molecule has 8 nitrogen and oxygen atoms in total. The predicted molar refractivity (Wildman–Crippen MR) is 101 cm³/mol. The summed E-state index contributed by atoms with van der Waals surface area (Å²) >= 11 is 0. The van der Waals surface area contributed by atoms with Crippen LogP contribution in [-0.4, -0.2) is 44.4 Å². The maximum Gasteiger partial charge on any atom is 0.324 e. The molecule has 8 heteroatoms. The Hall–Kier alpha value is -3.00. The van der Waals surface area contributed by atoms with Gasteiger partial charge in [0.25, 0.3) is 0 Å². The summed E-state index contributed by atoms with van der Waals surface area (Å²) in [5.74, 6) is 0.925. The minimum absolute atomic E-state index is 0.00889. The topological polar surface area (TPSA) is 114 Å². The Kier molecular flexibility index (Phi) is 4.72. The third-order valence-electron chi connectivity index (χ3n) is 4.97. The molecule has 0 radical (unpaired) electrons. The Balaban J connectivity index is 1.48. The zero-order valence-corrected chi connectivity index (χ0v) is 15.1. The normalized spacial score (nSPS) is 16.4. The zero-order chi connectivity index (χ0) is 18.8. The van der Waals surface area contributed by atoms with Gasteiger partial charge in [-0.1, -0.05) is 36.3 Å². The molecule has 0 bridgehead atoms. The van der Waals surface area contributed by atoms with E-state index in [1.807, 2.05) is 29.2 Å². The van der Waals surface area contributed by atoms with Crippen LogP contribution in [0.1, 0.15) is 37.1 Å². The van der Waals surface area contributed by atoms with Crippen molar-refractivity contribution < 1.29 is 9.63 Å². The SMILES string of the molecule is C[C@H](c1ccc(-c2cnc(N)nc2)cc1)c1noc(N2CCC(O)CC2)n1. The van der Waals surface area contributed by atoms with Gasteiger partial charge in [0.2, 0.25) is 5.95 Å². The fourth-order valence-corrected chi connectivity index (χ4v) is 3.19. The molecule has 0 amide bonds. The van der Waals surface area contributed by atoms with Crippen LogP contribution < -0.4 is 10.6 Å². The second-order valence-corrected chi connectivity index (χ2v) is 6.83. The lowest BCUT2D eigenvalue weighted by Gasteiger charge is -2.27. The van der Waals surface area contributed by atoms with Crippen molar-refractivity contribution in [3.63, 3.8) is 0 Å². The van der Waals surface area contributed by atoms with E-state index in [2.05, 4.69) is 27.0 Å². The van der Waals surface area contributed by atoms with Crippen molar-refractivity contribution in [2.45, 2.75) is 31.8 Å². The fraction of sp³-hybridized carbons (Fsp3) is 0.368. The number of piperidine rings is 1. The minimum atomic E-state index is -0.229. The highest BCUT2D eigenvalue weighted by molar-refractivity contribution is 5.62. The van der Waals surface area contributed by atoms with Gasteiger partial charge in [-0.3, -0.25) is 0 Å². The molecule has 4 rings (SSSR count). The average Bonchev–Trinajstić information content (AvgIpc) is 3.19. The third-order valence-corrected chi connectivity index (χ3v) is 4.97. The number of anilines is 2. The molecule has 0 saturated carbocycles. The van der Waals surface area contributed by atoms with E-state index < -0.39 is 0 Å². The van der Waals surface area contributed by atoms with Crippen molar-refractivity contribution >= 4 is 12.0 Å². The van der Waals surface area contributed by atoms with Crippen LogP contribution in [0.4, 0.5) is 12.0 Å². The Morgan fingerprint density at radius 1 is 1.11 bits per heavy atom. The van der Waals surface area contributed by atoms with Gasteiger partial charge in [-0.25, -0.2) is 9.97 Å². The summed E-state index contributed by atoms with van der Waals surface area (Å²) in [6.07, 6.45) is 4.64. The quantitative estimate of drug-likeness (QED) is 0.722. The Morgan fingerprint density at radius 2 is 1.78 bits per heavy atom. The molecule has 27 heavy (non-hydrogen) atoms. The molecule has 1 saturated heterocycles. The third kappa shape index (κ3) is 3.75. The van der Waals surface area contributed by atoms with Crippen molar-refractivity contribution in [3.8, 4) is 11.1 Å². The number of hydrogen-bond acceptors (Lipinski definition) is 8. The number of nitrogen functional groups attached to an aromatic ring is 1. The van der Waals surface area contributed by atoms with E-state index in [0.717, 1.165) is 42.6 Å². The number of benzene rings is 1. The van der Waals surface area contributed by atoms with Gasteiger partial charge < -0.3 is 20.3 Å². The van der Waals surface area contributed by atoms with Crippen LogP contribution in [0.2, 0.25) is 0 Å².